The average Bonchev–Trinajstić information content (AvgIpc) is 2.15. The van der Waals surface area contributed by atoms with Crippen molar-refractivity contribution >= 4 is 17.3 Å². The molecular formula is C6H9NO2S. The summed E-state index contributed by atoms with van der Waals surface area (Å²) in [4.78, 5) is 10.8. The Labute approximate surface area is 62.9 Å². The highest BCUT2D eigenvalue weighted by molar-refractivity contribution is 7.10. The third-order valence-corrected chi connectivity index (χ3v) is 1.78. The Morgan fingerprint density at radius 1 is 1.70 bits per heavy atom. The summed E-state index contributed by atoms with van der Waals surface area (Å²) in [7, 11) is 0. The Kier molecular flexibility index (Phi) is 3.68. The fourth-order valence-corrected chi connectivity index (χ4v) is 1.25. The van der Waals surface area contributed by atoms with Crippen LogP contribution in [0.4, 0.5) is 0 Å². The summed E-state index contributed by atoms with van der Waals surface area (Å²) in [5.74, 6) is -1.02. The Hall–Kier alpha value is -0.870. The van der Waals surface area contributed by atoms with Crippen LogP contribution in [0.3, 0.4) is 0 Å². The Balaban J connectivity index is 0.000000810. The second kappa shape index (κ2) is 4.03. The van der Waals surface area contributed by atoms with Crippen molar-refractivity contribution in [2.75, 3.05) is 0 Å². The van der Waals surface area contributed by atoms with E-state index in [1.165, 1.54) is 11.3 Å². The number of hydrogen-bond acceptors (Lipinski definition) is 3. The van der Waals surface area contributed by atoms with Gasteiger partial charge in [-0.15, -0.1) is 11.3 Å². The fraction of sp³-hybridized carbons (Fsp3) is 0.167. The lowest BCUT2D eigenvalue weighted by Gasteiger charge is -1.95. The molecule has 1 heterocycles. The van der Waals surface area contributed by atoms with E-state index >= 15 is 0 Å². The van der Waals surface area contributed by atoms with E-state index < -0.39 is 5.97 Å². The van der Waals surface area contributed by atoms with Crippen molar-refractivity contribution in [3.63, 3.8) is 0 Å². The Bertz CT molecular complexity index is 196. The van der Waals surface area contributed by atoms with Crippen molar-refractivity contribution < 1.29 is 9.90 Å². The first kappa shape index (κ1) is 9.13. The lowest BCUT2D eigenvalue weighted by atomic mass is 10.3. The van der Waals surface area contributed by atoms with Crippen molar-refractivity contribution in [1.82, 2.24) is 6.15 Å². The van der Waals surface area contributed by atoms with Crippen LogP contribution in [0.5, 0.6) is 0 Å². The van der Waals surface area contributed by atoms with Crippen LogP contribution >= 0.6 is 11.3 Å². The molecule has 0 atom stereocenters. The van der Waals surface area contributed by atoms with E-state index in [1.54, 1.807) is 6.07 Å². The van der Waals surface area contributed by atoms with E-state index in [0.717, 1.165) is 4.88 Å². The van der Waals surface area contributed by atoms with Crippen LogP contribution in [0, 0.1) is 0 Å². The number of quaternary nitrogens is 1. The molecule has 0 aliphatic rings. The van der Waals surface area contributed by atoms with Gasteiger partial charge in [0.25, 0.3) is 0 Å². The van der Waals surface area contributed by atoms with Gasteiger partial charge in [0, 0.05) is 17.3 Å². The van der Waals surface area contributed by atoms with E-state index in [4.69, 9.17) is 0 Å². The molecule has 0 amide bonds. The highest BCUT2D eigenvalue weighted by Gasteiger charge is 1.90. The lowest BCUT2D eigenvalue weighted by Crippen LogP contribution is -2.23. The molecule has 56 valence electrons. The van der Waals surface area contributed by atoms with Crippen molar-refractivity contribution in [3.8, 4) is 0 Å². The second-order valence-corrected chi connectivity index (χ2v) is 2.66. The molecule has 0 aliphatic heterocycles. The van der Waals surface area contributed by atoms with E-state index in [-0.39, 0.29) is 12.6 Å². The predicted molar refractivity (Wildman–Crippen MR) is 39.0 cm³/mol. The molecule has 0 bridgehead atoms. The number of thiophene rings is 1. The summed E-state index contributed by atoms with van der Waals surface area (Å²) >= 11 is 1.43. The topological polar surface area (TPSA) is 76.6 Å². The van der Waals surface area contributed by atoms with Crippen LogP contribution in [0.15, 0.2) is 17.5 Å². The zero-order chi connectivity index (χ0) is 6.69. The van der Waals surface area contributed by atoms with Crippen LogP contribution < -0.4 is 11.3 Å². The molecule has 0 spiro atoms. The molecule has 0 aliphatic carbocycles. The zero-order valence-corrected chi connectivity index (χ0v) is 6.48. The third-order valence-electron chi connectivity index (χ3n) is 0.899. The van der Waals surface area contributed by atoms with Gasteiger partial charge in [-0.2, -0.15) is 0 Å². The van der Waals surface area contributed by atoms with Gasteiger partial charge in [0.2, 0.25) is 0 Å². The summed E-state index contributed by atoms with van der Waals surface area (Å²) in [6, 6.07) is 3.60. The third kappa shape index (κ3) is 2.61. The van der Waals surface area contributed by atoms with Crippen molar-refractivity contribution in [2.24, 2.45) is 0 Å². The molecule has 0 unspecified atom stereocenters. The molecule has 0 radical (unpaired) electrons. The number of aliphatic carboxylic acids is 1. The molecule has 1 rings (SSSR count). The maximum absolute atomic E-state index is 9.96. The van der Waals surface area contributed by atoms with Gasteiger partial charge in [0.15, 0.2) is 0 Å². The van der Waals surface area contributed by atoms with E-state index in [0.29, 0.717) is 0 Å². The number of carboxylic acids is 1. The van der Waals surface area contributed by atoms with E-state index in [9.17, 15) is 9.90 Å². The molecule has 0 fully saturated rings. The molecule has 1 aromatic heterocycles. The summed E-state index contributed by atoms with van der Waals surface area (Å²) in [5, 5.41) is 11.8. The molecule has 10 heavy (non-hydrogen) atoms. The normalized spacial score (nSPS) is 8.40. The van der Waals surface area contributed by atoms with Gasteiger partial charge >= 0.3 is 0 Å². The molecule has 0 saturated carbocycles. The monoisotopic (exact) mass is 159 g/mol. The molecule has 4 heteroatoms. The standard InChI is InChI=1S/C6H6O2S.H3N/c7-6(8)4-5-2-1-3-9-5;/h1-3H,4H2,(H,7,8);1H3. The molecule has 0 saturated heterocycles. The molecular weight excluding hydrogens is 150 g/mol. The molecule has 1 aromatic rings. The second-order valence-electron chi connectivity index (χ2n) is 1.63. The van der Waals surface area contributed by atoms with Crippen LogP contribution in [0.25, 0.3) is 0 Å². The lowest BCUT2D eigenvalue weighted by molar-refractivity contribution is -0.304. The van der Waals surface area contributed by atoms with Gasteiger partial charge in [0.05, 0.1) is 0 Å². The van der Waals surface area contributed by atoms with Gasteiger partial charge in [-0.25, -0.2) is 0 Å². The van der Waals surface area contributed by atoms with Crippen LogP contribution in [0.2, 0.25) is 0 Å². The quantitative estimate of drug-likeness (QED) is 0.678. The van der Waals surface area contributed by atoms with E-state index in [1.807, 2.05) is 11.4 Å². The average molecular weight is 159 g/mol. The fourth-order valence-electron chi connectivity index (χ4n) is 0.555. The van der Waals surface area contributed by atoms with Crippen LogP contribution in [0.1, 0.15) is 4.88 Å². The minimum Gasteiger partial charge on any atom is -0.550 e. The maximum Gasteiger partial charge on any atom is 0.0466 e. The van der Waals surface area contributed by atoms with Gasteiger partial charge in [0.1, 0.15) is 0 Å². The summed E-state index contributed by atoms with van der Waals surface area (Å²) in [5.41, 5.74) is 0. The first-order valence-electron chi connectivity index (χ1n) is 2.51. The maximum atomic E-state index is 9.96. The SMILES string of the molecule is O=C([O-])Cc1cccs1.[NH4+]. The van der Waals surface area contributed by atoms with Crippen molar-refractivity contribution in [2.45, 2.75) is 6.42 Å². The van der Waals surface area contributed by atoms with Crippen molar-refractivity contribution in [3.05, 3.63) is 22.4 Å². The first-order chi connectivity index (χ1) is 4.29. The molecule has 0 aromatic carbocycles. The zero-order valence-electron chi connectivity index (χ0n) is 5.66. The van der Waals surface area contributed by atoms with E-state index in [2.05, 4.69) is 0 Å². The summed E-state index contributed by atoms with van der Waals surface area (Å²) in [6.07, 6.45) is 0.0394. The highest BCUT2D eigenvalue weighted by atomic mass is 32.1. The minimum atomic E-state index is -1.02. The number of carbonyl (C=O) groups excluding carboxylic acids is 1. The van der Waals surface area contributed by atoms with Gasteiger partial charge < -0.3 is 16.1 Å². The highest BCUT2D eigenvalue weighted by Crippen LogP contribution is 2.07. The number of carbonyl (C=O) groups is 1. The summed E-state index contributed by atoms with van der Waals surface area (Å²) in [6.45, 7) is 0. The first-order valence-corrected chi connectivity index (χ1v) is 3.39. The van der Waals surface area contributed by atoms with Gasteiger partial charge in [-0.1, -0.05) is 6.07 Å². The van der Waals surface area contributed by atoms with Crippen molar-refractivity contribution in [1.29, 1.82) is 0 Å². The smallest absolute Gasteiger partial charge is 0.0466 e. The Morgan fingerprint density at radius 3 is 2.80 bits per heavy atom. The van der Waals surface area contributed by atoms with Gasteiger partial charge in [-0.3, -0.25) is 0 Å². The summed E-state index contributed by atoms with van der Waals surface area (Å²) < 4.78 is 0. The molecule has 3 nitrogen and oxygen atoms in total. The largest absolute Gasteiger partial charge is 0.550 e. The number of carboxylic acid groups (broad SMARTS) is 1. The number of hydrogen-bond donors (Lipinski definition) is 1. The van der Waals surface area contributed by atoms with Crippen LogP contribution in [-0.4, -0.2) is 5.97 Å². The molecule has 4 N–H and O–H groups in total. The predicted octanol–water partition coefficient (Wildman–Crippen LogP) is 0.417. The number of rotatable bonds is 2. The van der Waals surface area contributed by atoms with Gasteiger partial charge in [-0.05, 0) is 11.4 Å². The van der Waals surface area contributed by atoms with Crippen LogP contribution in [-0.2, 0) is 11.2 Å². The minimum absolute atomic E-state index is 0. The Morgan fingerprint density at radius 2 is 2.40 bits per heavy atom.